The van der Waals surface area contributed by atoms with Gasteiger partial charge in [-0.2, -0.15) is 5.10 Å². The van der Waals surface area contributed by atoms with Gasteiger partial charge in [0.25, 0.3) is 0 Å². The van der Waals surface area contributed by atoms with Gasteiger partial charge in [-0.15, -0.1) is 0 Å². The molecule has 30 heavy (non-hydrogen) atoms. The summed E-state index contributed by atoms with van der Waals surface area (Å²) in [6, 6.07) is 18.3. The minimum atomic E-state index is -0.843. The number of nitrogens with zero attached hydrogens (tertiary/aromatic N) is 2. The van der Waals surface area contributed by atoms with E-state index in [1.54, 1.807) is 20.8 Å². The highest BCUT2D eigenvalue weighted by Gasteiger charge is 2.25. The normalized spacial score (nSPS) is 11.8. The molecule has 0 fully saturated rings. The summed E-state index contributed by atoms with van der Waals surface area (Å²) in [5.74, 6) is 0.423. The maximum absolute atomic E-state index is 11.8. The van der Waals surface area contributed by atoms with Crippen molar-refractivity contribution in [2.75, 3.05) is 0 Å². The average molecular weight is 425 g/mol. The first-order valence-corrected chi connectivity index (χ1v) is 10.6. The van der Waals surface area contributed by atoms with Crippen LogP contribution in [-0.4, -0.2) is 21.2 Å². The summed E-state index contributed by atoms with van der Waals surface area (Å²) in [5, 5.41) is 5.49. The zero-order valence-corrected chi connectivity index (χ0v) is 19.0. The van der Waals surface area contributed by atoms with Crippen LogP contribution in [0.1, 0.15) is 57.4 Å². The topological polar surface area (TPSA) is 44.1 Å². The number of hydrogen-bond acceptors (Lipinski definition) is 3. The van der Waals surface area contributed by atoms with Gasteiger partial charge in [-0.25, -0.2) is 0 Å². The molecule has 0 radical (unpaired) electrons. The Hall–Kier alpha value is -2.43. The average Bonchev–Trinajstić information content (AvgIpc) is 3.11. The number of carbonyl (C=O) groups is 1. The molecule has 0 aliphatic rings. The molecule has 158 valence electrons. The van der Waals surface area contributed by atoms with E-state index in [1.165, 1.54) is 5.56 Å². The maximum Gasteiger partial charge on any atom is 0.161 e. The number of ether oxygens (including phenoxy) is 1. The third-order valence-corrected chi connectivity index (χ3v) is 5.76. The molecule has 0 bridgehead atoms. The molecule has 0 unspecified atom stereocenters. The van der Waals surface area contributed by atoms with Crippen molar-refractivity contribution in [1.82, 2.24) is 9.78 Å². The minimum Gasteiger partial charge on any atom is -0.361 e. The number of aromatic nitrogens is 2. The molecule has 5 heteroatoms. The molecule has 3 rings (SSSR count). The SMILES string of the molecule is CC(=O)C(C)(C)OCc1cc(-c2cccc(C(C)C)c2)n(Cc2ccccc2Cl)n1. The Balaban J connectivity index is 1.98. The van der Waals surface area contributed by atoms with Gasteiger partial charge in [0.1, 0.15) is 5.60 Å². The summed E-state index contributed by atoms with van der Waals surface area (Å²) in [6.45, 7) is 10.3. The summed E-state index contributed by atoms with van der Waals surface area (Å²) in [4.78, 5) is 11.8. The van der Waals surface area contributed by atoms with Crippen LogP contribution < -0.4 is 0 Å². The molecule has 0 aliphatic heterocycles. The van der Waals surface area contributed by atoms with Crippen LogP contribution >= 0.6 is 11.6 Å². The van der Waals surface area contributed by atoms with Crippen molar-refractivity contribution in [1.29, 1.82) is 0 Å². The lowest BCUT2D eigenvalue weighted by molar-refractivity contribution is -0.139. The summed E-state index contributed by atoms with van der Waals surface area (Å²) in [7, 11) is 0. The molecular weight excluding hydrogens is 396 g/mol. The predicted molar refractivity (Wildman–Crippen MR) is 122 cm³/mol. The van der Waals surface area contributed by atoms with E-state index in [0.717, 1.165) is 22.5 Å². The lowest BCUT2D eigenvalue weighted by atomic mass is 9.99. The van der Waals surface area contributed by atoms with Crippen LogP contribution in [0.15, 0.2) is 54.6 Å². The largest absolute Gasteiger partial charge is 0.361 e. The molecule has 0 aliphatic carbocycles. The van der Waals surface area contributed by atoms with Crippen molar-refractivity contribution in [3.05, 3.63) is 76.4 Å². The van der Waals surface area contributed by atoms with Gasteiger partial charge in [-0.3, -0.25) is 9.48 Å². The van der Waals surface area contributed by atoms with E-state index in [2.05, 4.69) is 38.1 Å². The Morgan fingerprint density at radius 3 is 2.53 bits per heavy atom. The Morgan fingerprint density at radius 1 is 1.13 bits per heavy atom. The summed E-state index contributed by atoms with van der Waals surface area (Å²) < 4.78 is 7.82. The number of hydrogen-bond donors (Lipinski definition) is 0. The number of carbonyl (C=O) groups excluding carboxylic acids is 1. The molecule has 3 aromatic rings. The second-order valence-corrected chi connectivity index (χ2v) is 8.81. The van der Waals surface area contributed by atoms with Crippen molar-refractivity contribution in [3.8, 4) is 11.3 Å². The van der Waals surface area contributed by atoms with Crippen molar-refractivity contribution in [2.24, 2.45) is 0 Å². The molecule has 0 N–H and O–H groups in total. The number of rotatable bonds is 8. The fourth-order valence-corrected chi connectivity index (χ4v) is 3.29. The fraction of sp³-hybridized carbons (Fsp3) is 0.360. The molecule has 0 spiro atoms. The second-order valence-electron chi connectivity index (χ2n) is 8.41. The molecular formula is C25H29ClN2O2. The van der Waals surface area contributed by atoms with Gasteiger partial charge in [0.2, 0.25) is 0 Å². The van der Waals surface area contributed by atoms with Crippen LogP contribution in [0.4, 0.5) is 0 Å². The fourth-order valence-electron chi connectivity index (χ4n) is 3.09. The molecule has 0 saturated carbocycles. The highest BCUT2D eigenvalue weighted by Crippen LogP contribution is 2.27. The van der Waals surface area contributed by atoms with Crippen LogP contribution in [0, 0.1) is 0 Å². The smallest absolute Gasteiger partial charge is 0.161 e. The molecule has 0 amide bonds. The minimum absolute atomic E-state index is 0.0112. The summed E-state index contributed by atoms with van der Waals surface area (Å²) in [6.07, 6.45) is 0. The van der Waals surface area contributed by atoms with Crippen LogP contribution in [0.2, 0.25) is 5.02 Å². The zero-order chi connectivity index (χ0) is 21.9. The van der Waals surface area contributed by atoms with E-state index in [0.29, 0.717) is 17.5 Å². The quantitative estimate of drug-likeness (QED) is 0.428. The Kier molecular flexibility index (Phi) is 6.79. The van der Waals surface area contributed by atoms with E-state index < -0.39 is 5.60 Å². The Bertz CT molecular complexity index is 1040. The van der Waals surface area contributed by atoms with Crippen molar-refractivity contribution in [3.63, 3.8) is 0 Å². The maximum atomic E-state index is 11.8. The van der Waals surface area contributed by atoms with Crippen LogP contribution in [-0.2, 0) is 22.7 Å². The first kappa shape index (κ1) is 22.3. The van der Waals surface area contributed by atoms with Crippen LogP contribution in [0.25, 0.3) is 11.3 Å². The second kappa shape index (κ2) is 9.15. The summed E-state index contributed by atoms with van der Waals surface area (Å²) in [5.41, 5.74) is 4.30. The molecule has 1 aromatic heterocycles. The number of Topliss-reactive ketones (excluding diaryl/α,β-unsaturated/α-hetero) is 1. The number of ketones is 1. The predicted octanol–water partition coefficient (Wildman–Crippen LogP) is 6.26. The van der Waals surface area contributed by atoms with Crippen LogP contribution in [0.3, 0.4) is 0 Å². The Morgan fingerprint density at radius 2 is 1.87 bits per heavy atom. The monoisotopic (exact) mass is 424 g/mol. The van der Waals surface area contributed by atoms with E-state index in [4.69, 9.17) is 21.4 Å². The van der Waals surface area contributed by atoms with E-state index in [1.807, 2.05) is 35.0 Å². The standard InChI is InChI=1S/C25H29ClN2O2/c1-17(2)19-10-8-11-20(13-19)24-14-22(16-30-25(4,5)18(3)29)27-28(24)15-21-9-6-7-12-23(21)26/h6-14,17H,15-16H2,1-5H3. The first-order chi connectivity index (χ1) is 14.2. The molecule has 1 heterocycles. The van der Waals surface area contributed by atoms with Crippen molar-refractivity contribution in [2.45, 2.75) is 59.3 Å². The van der Waals surface area contributed by atoms with Gasteiger partial charge in [-0.1, -0.05) is 61.8 Å². The highest BCUT2D eigenvalue weighted by atomic mass is 35.5. The van der Waals surface area contributed by atoms with Crippen molar-refractivity contribution < 1.29 is 9.53 Å². The molecule has 0 atom stereocenters. The molecule has 4 nitrogen and oxygen atoms in total. The Labute approximate surface area is 183 Å². The van der Waals surface area contributed by atoms with E-state index >= 15 is 0 Å². The molecule has 2 aromatic carbocycles. The number of halogens is 1. The summed E-state index contributed by atoms with van der Waals surface area (Å²) >= 11 is 6.40. The molecule has 0 saturated heterocycles. The van der Waals surface area contributed by atoms with Gasteiger partial charge in [0, 0.05) is 10.6 Å². The van der Waals surface area contributed by atoms with Gasteiger partial charge < -0.3 is 4.74 Å². The highest BCUT2D eigenvalue weighted by molar-refractivity contribution is 6.31. The lowest BCUT2D eigenvalue weighted by Crippen LogP contribution is -2.32. The van der Waals surface area contributed by atoms with Gasteiger partial charge in [0.05, 0.1) is 24.5 Å². The zero-order valence-electron chi connectivity index (χ0n) is 18.3. The van der Waals surface area contributed by atoms with E-state index in [9.17, 15) is 4.79 Å². The third-order valence-electron chi connectivity index (χ3n) is 5.39. The van der Waals surface area contributed by atoms with E-state index in [-0.39, 0.29) is 12.4 Å². The first-order valence-electron chi connectivity index (χ1n) is 10.2. The third kappa shape index (κ3) is 5.18. The van der Waals surface area contributed by atoms with Crippen molar-refractivity contribution >= 4 is 17.4 Å². The lowest BCUT2D eigenvalue weighted by Gasteiger charge is -2.21. The van der Waals surface area contributed by atoms with Crippen LogP contribution in [0.5, 0.6) is 0 Å². The van der Waals surface area contributed by atoms with Gasteiger partial charge in [-0.05, 0) is 56.0 Å². The van der Waals surface area contributed by atoms with Gasteiger partial charge >= 0.3 is 0 Å². The van der Waals surface area contributed by atoms with Gasteiger partial charge in [0.15, 0.2) is 5.78 Å². The number of benzene rings is 2.